The molecule has 2 aliphatic rings. The third-order valence-corrected chi connectivity index (χ3v) is 2.85. The summed E-state index contributed by atoms with van der Waals surface area (Å²) >= 11 is 0. The van der Waals surface area contributed by atoms with Crippen LogP contribution in [0.15, 0.2) is 0 Å². The van der Waals surface area contributed by atoms with Crippen LogP contribution >= 0.6 is 0 Å². The minimum atomic E-state index is -0.188. The Bertz CT molecular complexity index is 252. The van der Waals surface area contributed by atoms with Gasteiger partial charge in [-0.05, 0) is 25.7 Å². The molecule has 0 bridgehead atoms. The lowest BCUT2D eigenvalue weighted by Gasteiger charge is -2.20. The monoisotopic (exact) mass is 197 g/mol. The first-order valence-corrected chi connectivity index (χ1v) is 5.27. The van der Waals surface area contributed by atoms with Crippen molar-refractivity contribution in [2.24, 2.45) is 0 Å². The van der Waals surface area contributed by atoms with E-state index in [4.69, 9.17) is 4.84 Å². The zero-order valence-corrected chi connectivity index (χ0v) is 8.20. The van der Waals surface area contributed by atoms with Gasteiger partial charge in [-0.2, -0.15) is 0 Å². The number of carbonyl (C=O) groups is 2. The Morgan fingerprint density at radius 1 is 1.14 bits per heavy atom. The number of hydrogen-bond acceptors (Lipinski definition) is 4. The molecule has 2 saturated heterocycles. The van der Waals surface area contributed by atoms with Gasteiger partial charge in [0, 0.05) is 19.4 Å². The average Bonchev–Trinajstić information content (AvgIpc) is 2.59. The molecule has 4 nitrogen and oxygen atoms in total. The van der Waals surface area contributed by atoms with Gasteiger partial charge >= 0.3 is 5.97 Å². The van der Waals surface area contributed by atoms with Crippen LogP contribution < -0.4 is 0 Å². The quantitative estimate of drug-likeness (QED) is 0.582. The van der Waals surface area contributed by atoms with Crippen LogP contribution in [-0.4, -0.2) is 29.4 Å². The van der Waals surface area contributed by atoms with Crippen LogP contribution in [0.3, 0.4) is 0 Å². The lowest BCUT2D eigenvalue weighted by atomic mass is 10.0. The van der Waals surface area contributed by atoms with Crippen molar-refractivity contribution in [2.75, 3.05) is 6.54 Å². The van der Waals surface area contributed by atoms with E-state index in [1.54, 1.807) is 5.06 Å². The predicted molar refractivity (Wildman–Crippen MR) is 49.3 cm³/mol. The summed E-state index contributed by atoms with van der Waals surface area (Å²) in [7, 11) is 0. The Morgan fingerprint density at radius 2 is 1.93 bits per heavy atom. The molecule has 0 aromatic carbocycles. The van der Waals surface area contributed by atoms with E-state index >= 15 is 0 Å². The molecule has 2 heterocycles. The molecule has 2 fully saturated rings. The second-order valence-electron chi connectivity index (χ2n) is 3.94. The molecule has 2 aliphatic heterocycles. The van der Waals surface area contributed by atoms with Crippen molar-refractivity contribution in [3.05, 3.63) is 0 Å². The molecule has 0 amide bonds. The van der Waals surface area contributed by atoms with Gasteiger partial charge in [-0.25, -0.2) is 0 Å². The molecule has 78 valence electrons. The number of hydroxylamine groups is 2. The first-order valence-electron chi connectivity index (χ1n) is 5.27. The molecule has 0 N–H and O–H groups in total. The number of fused-ring (bicyclic) bond motifs is 1. The van der Waals surface area contributed by atoms with Crippen molar-refractivity contribution in [2.45, 2.75) is 44.6 Å². The summed E-state index contributed by atoms with van der Waals surface area (Å²) in [5.74, 6) is 0.0452. The molecule has 1 unspecified atom stereocenters. The Hall–Kier alpha value is -0.900. The number of rotatable bonds is 0. The van der Waals surface area contributed by atoms with Gasteiger partial charge in [0.15, 0.2) is 5.78 Å². The molecule has 2 rings (SSSR count). The second kappa shape index (κ2) is 4.09. The Balaban J connectivity index is 2.08. The normalized spacial score (nSPS) is 30.1. The van der Waals surface area contributed by atoms with E-state index in [9.17, 15) is 9.59 Å². The SMILES string of the molecule is O=C1CCCCC(=O)C2CCCN2O1. The van der Waals surface area contributed by atoms with Gasteiger partial charge in [0.2, 0.25) is 0 Å². The van der Waals surface area contributed by atoms with E-state index in [1.165, 1.54) is 0 Å². The van der Waals surface area contributed by atoms with Crippen molar-refractivity contribution >= 4 is 11.8 Å². The highest BCUT2D eigenvalue weighted by molar-refractivity contribution is 5.84. The lowest BCUT2D eigenvalue weighted by Crippen LogP contribution is -2.36. The second-order valence-corrected chi connectivity index (χ2v) is 3.94. The summed E-state index contributed by atoms with van der Waals surface area (Å²) in [6, 6.07) is -0.156. The van der Waals surface area contributed by atoms with Gasteiger partial charge in [-0.1, -0.05) is 0 Å². The molecular weight excluding hydrogens is 182 g/mol. The summed E-state index contributed by atoms with van der Waals surface area (Å²) in [5, 5.41) is 1.58. The fourth-order valence-electron chi connectivity index (χ4n) is 2.08. The van der Waals surface area contributed by atoms with Crippen LogP contribution in [0.25, 0.3) is 0 Å². The Morgan fingerprint density at radius 3 is 2.79 bits per heavy atom. The zero-order chi connectivity index (χ0) is 9.97. The average molecular weight is 197 g/mol. The molecule has 0 spiro atoms. The summed E-state index contributed by atoms with van der Waals surface area (Å²) in [4.78, 5) is 28.1. The van der Waals surface area contributed by atoms with Crippen molar-refractivity contribution < 1.29 is 14.4 Å². The lowest BCUT2D eigenvalue weighted by molar-refractivity contribution is -0.194. The molecule has 0 aliphatic carbocycles. The first-order chi connectivity index (χ1) is 6.77. The summed E-state index contributed by atoms with van der Waals surface area (Å²) in [6.07, 6.45) is 4.41. The summed E-state index contributed by atoms with van der Waals surface area (Å²) < 4.78 is 0. The third-order valence-electron chi connectivity index (χ3n) is 2.85. The van der Waals surface area contributed by atoms with Crippen LogP contribution in [0.1, 0.15) is 38.5 Å². The minimum Gasteiger partial charge on any atom is -0.367 e. The van der Waals surface area contributed by atoms with Gasteiger partial charge in [0.25, 0.3) is 0 Å². The van der Waals surface area contributed by atoms with Gasteiger partial charge in [-0.15, -0.1) is 5.06 Å². The molecule has 4 heteroatoms. The summed E-state index contributed by atoms with van der Waals surface area (Å²) in [6.45, 7) is 0.710. The van der Waals surface area contributed by atoms with Crippen LogP contribution in [0.2, 0.25) is 0 Å². The Kier molecular flexibility index (Phi) is 2.82. The largest absolute Gasteiger partial charge is 0.367 e. The molecule has 0 saturated carbocycles. The number of nitrogens with zero attached hydrogens (tertiary/aromatic N) is 1. The smallest absolute Gasteiger partial charge is 0.325 e. The summed E-state index contributed by atoms with van der Waals surface area (Å²) in [5.41, 5.74) is 0. The van der Waals surface area contributed by atoms with Crippen molar-refractivity contribution in [1.82, 2.24) is 5.06 Å². The molecule has 0 aromatic rings. The van der Waals surface area contributed by atoms with E-state index in [-0.39, 0.29) is 17.8 Å². The van der Waals surface area contributed by atoms with E-state index in [2.05, 4.69) is 0 Å². The highest BCUT2D eigenvalue weighted by atomic mass is 16.7. The highest BCUT2D eigenvalue weighted by Gasteiger charge is 2.33. The number of Topliss-reactive ketones (excluding diaryl/α,β-unsaturated/α-hetero) is 1. The van der Waals surface area contributed by atoms with E-state index in [0.717, 1.165) is 25.7 Å². The fraction of sp³-hybridized carbons (Fsp3) is 0.800. The fourth-order valence-corrected chi connectivity index (χ4v) is 2.08. The van der Waals surface area contributed by atoms with Gasteiger partial charge in [-0.3, -0.25) is 9.59 Å². The molecule has 0 aromatic heterocycles. The van der Waals surface area contributed by atoms with E-state index in [0.29, 0.717) is 19.4 Å². The molecular formula is C10H15NO3. The number of hydrogen-bond donors (Lipinski definition) is 0. The maximum atomic E-state index is 11.7. The Labute approximate surface area is 83.2 Å². The third kappa shape index (κ3) is 1.95. The predicted octanol–water partition coefficient (Wildman–Crippen LogP) is 1.05. The van der Waals surface area contributed by atoms with Crippen LogP contribution in [0, 0.1) is 0 Å². The zero-order valence-electron chi connectivity index (χ0n) is 8.20. The maximum absolute atomic E-state index is 11.7. The molecule has 1 atom stereocenters. The molecule has 14 heavy (non-hydrogen) atoms. The van der Waals surface area contributed by atoms with Crippen molar-refractivity contribution in [1.29, 1.82) is 0 Å². The maximum Gasteiger partial charge on any atom is 0.325 e. The first kappa shape index (κ1) is 9.65. The highest BCUT2D eigenvalue weighted by Crippen LogP contribution is 2.22. The molecule has 0 radical (unpaired) electrons. The van der Waals surface area contributed by atoms with Crippen molar-refractivity contribution in [3.8, 4) is 0 Å². The van der Waals surface area contributed by atoms with E-state index in [1.807, 2.05) is 0 Å². The van der Waals surface area contributed by atoms with Crippen LogP contribution in [0.5, 0.6) is 0 Å². The standard InChI is InChI=1S/C10H15NO3/c12-9-5-1-2-6-10(13)14-11-7-3-4-8(9)11/h8H,1-7H2. The minimum absolute atomic E-state index is 0.156. The van der Waals surface area contributed by atoms with E-state index < -0.39 is 0 Å². The van der Waals surface area contributed by atoms with Gasteiger partial charge in [0.1, 0.15) is 6.04 Å². The van der Waals surface area contributed by atoms with Crippen LogP contribution in [0.4, 0.5) is 0 Å². The number of carbonyl (C=O) groups excluding carboxylic acids is 2. The van der Waals surface area contributed by atoms with Gasteiger partial charge < -0.3 is 4.84 Å². The van der Waals surface area contributed by atoms with Gasteiger partial charge in [0.05, 0.1) is 0 Å². The topological polar surface area (TPSA) is 46.6 Å². The van der Waals surface area contributed by atoms with Crippen molar-refractivity contribution in [3.63, 3.8) is 0 Å². The van der Waals surface area contributed by atoms with Crippen LogP contribution in [-0.2, 0) is 14.4 Å². The number of ketones is 1.